The van der Waals surface area contributed by atoms with Crippen molar-refractivity contribution in [2.45, 2.75) is 32.5 Å². The van der Waals surface area contributed by atoms with Crippen molar-refractivity contribution < 1.29 is 14.3 Å². The minimum Gasteiger partial charge on any atom is -0.457 e. The molecule has 0 radical (unpaired) electrons. The van der Waals surface area contributed by atoms with Gasteiger partial charge in [0.2, 0.25) is 0 Å². The number of pyridine rings is 1. The third kappa shape index (κ3) is 4.11. The molecule has 5 nitrogen and oxygen atoms in total. The van der Waals surface area contributed by atoms with Gasteiger partial charge in [-0.2, -0.15) is 0 Å². The van der Waals surface area contributed by atoms with Crippen LogP contribution in [0.1, 0.15) is 30.8 Å². The van der Waals surface area contributed by atoms with Gasteiger partial charge in [0.1, 0.15) is 17.2 Å². The molecule has 0 aliphatic carbocycles. The lowest BCUT2D eigenvalue weighted by Gasteiger charge is -2.14. The maximum atomic E-state index is 12.3. The lowest BCUT2D eigenvalue weighted by Crippen LogP contribution is -2.32. The number of para-hydroxylation sites is 1. The summed E-state index contributed by atoms with van der Waals surface area (Å²) in [5, 5.41) is 2.95. The van der Waals surface area contributed by atoms with Crippen LogP contribution in [0.2, 0.25) is 0 Å². The smallest absolute Gasteiger partial charge is 0.270 e. The average Bonchev–Trinajstić information content (AvgIpc) is 2.91. The largest absolute Gasteiger partial charge is 0.457 e. The number of carbonyl (C=O) groups is 1. The first-order valence-electron chi connectivity index (χ1n) is 8.24. The van der Waals surface area contributed by atoms with Gasteiger partial charge in [-0.05, 0) is 38.5 Å². The molecule has 0 saturated carbocycles. The van der Waals surface area contributed by atoms with Gasteiger partial charge < -0.3 is 14.8 Å². The van der Waals surface area contributed by atoms with Crippen LogP contribution in [0, 0.1) is 5.92 Å². The van der Waals surface area contributed by atoms with E-state index in [4.69, 9.17) is 9.47 Å². The molecule has 126 valence electrons. The zero-order valence-electron chi connectivity index (χ0n) is 13.9. The number of aromatic nitrogens is 1. The second-order valence-electron chi connectivity index (χ2n) is 6.15. The van der Waals surface area contributed by atoms with Crippen LogP contribution in [0.5, 0.6) is 11.5 Å². The molecule has 1 saturated heterocycles. The molecule has 1 fully saturated rings. The van der Waals surface area contributed by atoms with Crippen LogP contribution in [-0.4, -0.2) is 29.6 Å². The fourth-order valence-electron chi connectivity index (χ4n) is 2.94. The van der Waals surface area contributed by atoms with E-state index in [1.165, 1.54) is 0 Å². The van der Waals surface area contributed by atoms with E-state index >= 15 is 0 Å². The van der Waals surface area contributed by atoms with Crippen molar-refractivity contribution in [2.75, 3.05) is 6.54 Å². The number of hydrogen-bond acceptors (Lipinski definition) is 4. The molecule has 1 amide bonds. The monoisotopic (exact) mass is 326 g/mol. The Bertz CT molecular complexity index is 690. The van der Waals surface area contributed by atoms with Gasteiger partial charge in [-0.3, -0.25) is 9.78 Å². The van der Waals surface area contributed by atoms with E-state index in [0.717, 1.165) is 12.2 Å². The summed E-state index contributed by atoms with van der Waals surface area (Å²) in [6.45, 7) is 4.70. The number of nitrogens with one attached hydrogen (secondary N) is 1. The zero-order chi connectivity index (χ0) is 16.9. The van der Waals surface area contributed by atoms with Crippen molar-refractivity contribution in [3.8, 4) is 11.5 Å². The standard InChI is InChI=1S/C19H22N2O3/c1-13-10-15(14(2)23-13)12-21-19(22)18-11-17(8-9-20-18)24-16-6-4-3-5-7-16/h3-9,11,13-15H,10,12H2,1-2H3,(H,21,22). The van der Waals surface area contributed by atoms with E-state index in [0.29, 0.717) is 23.9 Å². The van der Waals surface area contributed by atoms with E-state index in [9.17, 15) is 4.79 Å². The molecule has 1 aromatic carbocycles. The van der Waals surface area contributed by atoms with Crippen molar-refractivity contribution in [1.82, 2.24) is 10.3 Å². The van der Waals surface area contributed by atoms with Gasteiger partial charge in [-0.1, -0.05) is 18.2 Å². The fraction of sp³-hybridized carbons (Fsp3) is 0.368. The number of nitrogens with zero attached hydrogens (tertiary/aromatic N) is 1. The van der Waals surface area contributed by atoms with Gasteiger partial charge in [-0.15, -0.1) is 0 Å². The number of hydrogen-bond donors (Lipinski definition) is 1. The average molecular weight is 326 g/mol. The summed E-state index contributed by atoms with van der Waals surface area (Å²) < 4.78 is 11.4. The van der Waals surface area contributed by atoms with Gasteiger partial charge in [0.15, 0.2) is 0 Å². The Morgan fingerprint density at radius 1 is 1.25 bits per heavy atom. The van der Waals surface area contributed by atoms with Gasteiger partial charge >= 0.3 is 0 Å². The number of benzene rings is 1. The molecule has 2 aromatic rings. The topological polar surface area (TPSA) is 60.5 Å². The Balaban J connectivity index is 1.60. The molecule has 3 rings (SSSR count). The van der Waals surface area contributed by atoms with Crippen LogP contribution in [0.15, 0.2) is 48.7 Å². The maximum absolute atomic E-state index is 12.3. The highest BCUT2D eigenvalue weighted by molar-refractivity contribution is 5.92. The second-order valence-corrected chi connectivity index (χ2v) is 6.15. The van der Waals surface area contributed by atoms with Crippen LogP contribution in [0.4, 0.5) is 0 Å². The van der Waals surface area contributed by atoms with Gasteiger partial charge in [0.25, 0.3) is 5.91 Å². The van der Waals surface area contributed by atoms with Gasteiger partial charge in [-0.25, -0.2) is 0 Å². The van der Waals surface area contributed by atoms with E-state index in [1.807, 2.05) is 37.3 Å². The lowest BCUT2D eigenvalue weighted by molar-refractivity contribution is 0.0557. The van der Waals surface area contributed by atoms with E-state index < -0.39 is 0 Å². The molecular formula is C19H22N2O3. The van der Waals surface area contributed by atoms with Crippen molar-refractivity contribution in [3.05, 3.63) is 54.4 Å². The second kappa shape index (κ2) is 7.45. The molecule has 1 aliphatic rings. The molecule has 3 atom stereocenters. The first kappa shape index (κ1) is 16.5. The summed E-state index contributed by atoms with van der Waals surface area (Å²) in [4.78, 5) is 16.5. The Morgan fingerprint density at radius 2 is 2.04 bits per heavy atom. The van der Waals surface area contributed by atoms with E-state index in [2.05, 4.69) is 17.2 Å². The van der Waals surface area contributed by atoms with Crippen molar-refractivity contribution in [3.63, 3.8) is 0 Å². The quantitative estimate of drug-likeness (QED) is 0.914. The number of carbonyl (C=O) groups excluding carboxylic acids is 1. The van der Waals surface area contributed by atoms with Crippen molar-refractivity contribution in [2.24, 2.45) is 5.92 Å². The molecule has 3 unspecified atom stereocenters. The van der Waals surface area contributed by atoms with E-state index in [1.54, 1.807) is 18.3 Å². The molecule has 1 aromatic heterocycles. The number of ether oxygens (including phenoxy) is 2. The SMILES string of the molecule is CC1CC(CNC(=O)c2cc(Oc3ccccc3)ccn2)C(C)O1. The molecule has 1 aliphatic heterocycles. The summed E-state index contributed by atoms with van der Waals surface area (Å²) in [6.07, 6.45) is 2.96. The van der Waals surface area contributed by atoms with Crippen molar-refractivity contribution >= 4 is 5.91 Å². The fourth-order valence-corrected chi connectivity index (χ4v) is 2.94. The first-order valence-corrected chi connectivity index (χ1v) is 8.24. The third-order valence-corrected chi connectivity index (χ3v) is 4.21. The Morgan fingerprint density at radius 3 is 2.75 bits per heavy atom. The highest BCUT2D eigenvalue weighted by Gasteiger charge is 2.29. The Hall–Kier alpha value is -2.40. The van der Waals surface area contributed by atoms with Crippen LogP contribution < -0.4 is 10.1 Å². The normalized spacial score (nSPS) is 23.0. The lowest BCUT2D eigenvalue weighted by atomic mass is 10.0. The number of rotatable bonds is 5. The summed E-state index contributed by atoms with van der Waals surface area (Å²) in [5.74, 6) is 1.46. The predicted octanol–water partition coefficient (Wildman–Crippen LogP) is 3.42. The molecule has 0 bridgehead atoms. The Kier molecular flexibility index (Phi) is 5.11. The molecular weight excluding hydrogens is 304 g/mol. The molecule has 1 N–H and O–H groups in total. The minimum absolute atomic E-state index is 0.168. The highest BCUT2D eigenvalue weighted by Crippen LogP contribution is 2.25. The van der Waals surface area contributed by atoms with Crippen LogP contribution in [-0.2, 0) is 4.74 Å². The molecule has 2 heterocycles. The zero-order valence-corrected chi connectivity index (χ0v) is 13.9. The summed E-state index contributed by atoms with van der Waals surface area (Å²) in [6, 6.07) is 12.8. The van der Waals surface area contributed by atoms with Crippen LogP contribution >= 0.6 is 0 Å². The van der Waals surface area contributed by atoms with Crippen LogP contribution in [0.25, 0.3) is 0 Å². The van der Waals surface area contributed by atoms with E-state index in [-0.39, 0.29) is 18.1 Å². The predicted molar refractivity (Wildman–Crippen MR) is 91.2 cm³/mol. The van der Waals surface area contributed by atoms with Gasteiger partial charge in [0, 0.05) is 24.7 Å². The minimum atomic E-state index is -0.194. The molecule has 0 spiro atoms. The maximum Gasteiger partial charge on any atom is 0.270 e. The molecule has 24 heavy (non-hydrogen) atoms. The first-order chi connectivity index (χ1) is 11.6. The van der Waals surface area contributed by atoms with Crippen LogP contribution in [0.3, 0.4) is 0 Å². The third-order valence-electron chi connectivity index (χ3n) is 4.21. The summed E-state index contributed by atoms with van der Waals surface area (Å²) in [5.41, 5.74) is 0.350. The summed E-state index contributed by atoms with van der Waals surface area (Å²) in [7, 11) is 0. The molecule has 5 heteroatoms. The Labute approximate surface area is 142 Å². The van der Waals surface area contributed by atoms with Crippen molar-refractivity contribution in [1.29, 1.82) is 0 Å². The number of amides is 1. The summed E-state index contributed by atoms with van der Waals surface area (Å²) >= 11 is 0. The van der Waals surface area contributed by atoms with Gasteiger partial charge in [0.05, 0.1) is 12.2 Å². The highest BCUT2D eigenvalue weighted by atomic mass is 16.5.